The van der Waals surface area contributed by atoms with E-state index in [0.717, 1.165) is 11.3 Å². The van der Waals surface area contributed by atoms with Gasteiger partial charge >= 0.3 is 0 Å². The Morgan fingerprint density at radius 2 is 1.89 bits per heavy atom. The first-order chi connectivity index (χ1) is 9.38. The van der Waals surface area contributed by atoms with Crippen LogP contribution in [0.25, 0.3) is 0 Å². The predicted octanol–water partition coefficient (Wildman–Crippen LogP) is 1.46. The van der Waals surface area contributed by atoms with E-state index in [1.807, 2.05) is 24.3 Å². The Morgan fingerprint density at radius 3 is 2.68 bits per heavy atom. The van der Waals surface area contributed by atoms with Gasteiger partial charge in [-0.1, -0.05) is 24.0 Å². The second kappa shape index (κ2) is 10.4. The molecule has 104 valence electrons. The molecule has 0 aliphatic carbocycles. The number of para-hydroxylation sites is 1. The molecule has 0 spiro atoms. The number of ether oxygens (including phenoxy) is 3. The third-order valence-electron chi connectivity index (χ3n) is 2.26. The van der Waals surface area contributed by atoms with Gasteiger partial charge in [-0.05, 0) is 12.1 Å². The van der Waals surface area contributed by atoms with Gasteiger partial charge in [0.25, 0.3) is 0 Å². The second-order valence-corrected chi connectivity index (χ2v) is 3.73. The van der Waals surface area contributed by atoms with Gasteiger partial charge in [-0.3, -0.25) is 0 Å². The van der Waals surface area contributed by atoms with Crippen LogP contribution in [0.5, 0.6) is 5.75 Å². The molecule has 0 bridgehead atoms. The Kier molecular flexibility index (Phi) is 8.48. The Hall–Kier alpha value is -1.54. The zero-order chi connectivity index (χ0) is 13.8. The van der Waals surface area contributed by atoms with Gasteiger partial charge in [0.2, 0.25) is 0 Å². The molecule has 1 aromatic carbocycles. The molecule has 0 fully saturated rings. The predicted molar refractivity (Wildman–Crippen MR) is 73.2 cm³/mol. The quantitative estimate of drug-likeness (QED) is 0.570. The van der Waals surface area contributed by atoms with Gasteiger partial charge in [0.15, 0.2) is 0 Å². The molecule has 0 aromatic heterocycles. The van der Waals surface area contributed by atoms with Crippen LogP contribution in [-0.2, 0) is 9.47 Å². The smallest absolute Gasteiger partial charge is 0.135 e. The summed E-state index contributed by atoms with van der Waals surface area (Å²) in [6.45, 7) is 2.22. The van der Waals surface area contributed by atoms with Gasteiger partial charge in [-0.15, -0.1) is 0 Å². The summed E-state index contributed by atoms with van der Waals surface area (Å²) in [6, 6.07) is 7.58. The molecule has 0 atom stereocenters. The molecule has 0 aliphatic heterocycles. The lowest BCUT2D eigenvalue weighted by molar-refractivity contribution is 0.0544. The number of aliphatic hydroxyl groups excluding tert-OH is 1. The normalized spacial score (nSPS) is 9.79. The summed E-state index contributed by atoms with van der Waals surface area (Å²) in [4.78, 5) is 0. The van der Waals surface area contributed by atoms with Gasteiger partial charge in [-0.2, -0.15) is 0 Å². The van der Waals surface area contributed by atoms with Gasteiger partial charge in [0, 0.05) is 13.5 Å². The zero-order valence-electron chi connectivity index (χ0n) is 11.2. The maximum absolute atomic E-state index is 8.70. The van der Waals surface area contributed by atoms with E-state index in [1.54, 1.807) is 7.11 Å². The van der Waals surface area contributed by atoms with Crippen LogP contribution in [0.3, 0.4) is 0 Å². The zero-order valence-corrected chi connectivity index (χ0v) is 11.2. The summed E-state index contributed by atoms with van der Waals surface area (Å²) < 4.78 is 15.8. The van der Waals surface area contributed by atoms with Crippen LogP contribution in [0.4, 0.5) is 0 Å². The summed E-state index contributed by atoms with van der Waals surface area (Å²) in [5, 5.41) is 8.70. The monoisotopic (exact) mass is 264 g/mol. The van der Waals surface area contributed by atoms with E-state index in [-0.39, 0.29) is 6.61 Å². The lowest BCUT2D eigenvalue weighted by atomic mass is 10.2. The van der Waals surface area contributed by atoms with Crippen molar-refractivity contribution in [3.63, 3.8) is 0 Å². The van der Waals surface area contributed by atoms with Gasteiger partial charge < -0.3 is 19.3 Å². The topological polar surface area (TPSA) is 47.9 Å². The largest absolute Gasteiger partial charge is 0.490 e. The maximum atomic E-state index is 8.70. The Bertz CT molecular complexity index is 406. The summed E-state index contributed by atoms with van der Waals surface area (Å²) in [6.07, 6.45) is 0.467. The molecule has 1 rings (SSSR count). The summed E-state index contributed by atoms with van der Waals surface area (Å²) in [7, 11) is 1.64. The minimum Gasteiger partial charge on any atom is -0.490 e. The highest BCUT2D eigenvalue weighted by Crippen LogP contribution is 2.16. The van der Waals surface area contributed by atoms with Gasteiger partial charge in [0.05, 0.1) is 32.0 Å². The van der Waals surface area contributed by atoms with Crippen LogP contribution in [0, 0.1) is 11.8 Å². The first kappa shape index (κ1) is 15.5. The van der Waals surface area contributed by atoms with E-state index in [9.17, 15) is 0 Å². The molecule has 4 nitrogen and oxygen atoms in total. The van der Waals surface area contributed by atoms with Crippen molar-refractivity contribution in [3.8, 4) is 17.6 Å². The fourth-order valence-corrected chi connectivity index (χ4v) is 1.36. The minimum absolute atomic E-state index is 0.0728. The van der Waals surface area contributed by atoms with Crippen molar-refractivity contribution >= 4 is 0 Å². The molecular weight excluding hydrogens is 244 g/mol. The summed E-state index contributed by atoms with van der Waals surface area (Å²) in [5.74, 6) is 6.60. The number of hydrogen-bond acceptors (Lipinski definition) is 4. The highest BCUT2D eigenvalue weighted by molar-refractivity contribution is 5.45. The SMILES string of the molecule is COCCOCCOc1ccccc1C#CCCO. The van der Waals surface area contributed by atoms with Crippen LogP contribution in [0.1, 0.15) is 12.0 Å². The lowest BCUT2D eigenvalue weighted by Crippen LogP contribution is -2.10. The molecule has 0 unspecified atom stereocenters. The number of aliphatic hydroxyl groups is 1. The molecule has 0 heterocycles. The fraction of sp³-hybridized carbons (Fsp3) is 0.467. The Morgan fingerprint density at radius 1 is 1.11 bits per heavy atom. The van der Waals surface area contributed by atoms with Crippen molar-refractivity contribution in [1.29, 1.82) is 0 Å². The van der Waals surface area contributed by atoms with E-state index < -0.39 is 0 Å². The van der Waals surface area contributed by atoms with E-state index in [2.05, 4.69) is 11.8 Å². The average molecular weight is 264 g/mol. The highest BCUT2D eigenvalue weighted by atomic mass is 16.5. The average Bonchev–Trinajstić information content (AvgIpc) is 2.44. The fourth-order valence-electron chi connectivity index (χ4n) is 1.36. The van der Waals surface area contributed by atoms with E-state index in [0.29, 0.717) is 32.8 Å². The summed E-state index contributed by atoms with van der Waals surface area (Å²) >= 11 is 0. The number of methoxy groups -OCH3 is 1. The van der Waals surface area contributed by atoms with Crippen molar-refractivity contribution < 1.29 is 19.3 Å². The number of hydrogen-bond donors (Lipinski definition) is 1. The Labute approximate surface area is 114 Å². The van der Waals surface area contributed by atoms with E-state index in [4.69, 9.17) is 19.3 Å². The second-order valence-electron chi connectivity index (χ2n) is 3.73. The summed E-state index contributed by atoms with van der Waals surface area (Å²) in [5.41, 5.74) is 0.827. The van der Waals surface area contributed by atoms with Crippen molar-refractivity contribution in [2.75, 3.05) is 40.1 Å². The Balaban J connectivity index is 2.38. The van der Waals surface area contributed by atoms with Crippen molar-refractivity contribution in [2.24, 2.45) is 0 Å². The number of rotatable bonds is 8. The number of benzene rings is 1. The van der Waals surface area contributed by atoms with Crippen LogP contribution in [0.15, 0.2) is 24.3 Å². The molecule has 0 aliphatic rings. The lowest BCUT2D eigenvalue weighted by Gasteiger charge is -2.08. The molecule has 19 heavy (non-hydrogen) atoms. The third kappa shape index (κ3) is 6.82. The van der Waals surface area contributed by atoms with E-state index in [1.165, 1.54) is 0 Å². The van der Waals surface area contributed by atoms with Crippen LogP contribution < -0.4 is 4.74 Å². The molecular formula is C15H20O4. The standard InChI is InChI=1S/C15H20O4/c1-17-10-11-18-12-13-19-15-8-3-2-6-14(15)7-4-5-9-16/h2-3,6,8,16H,5,9-13H2,1H3. The molecule has 0 saturated carbocycles. The molecule has 4 heteroatoms. The van der Waals surface area contributed by atoms with Gasteiger partial charge in [-0.25, -0.2) is 0 Å². The van der Waals surface area contributed by atoms with Crippen molar-refractivity contribution in [2.45, 2.75) is 6.42 Å². The molecule has 1 N–H and O–H groups in total. The van der Waals surface area contributed by atoms with Crippen LogP contribution in [-0.4, -0.2) is 45.3 Å². The van der Waals surface area contributed by atoms with E-state index >= 15 is 0 Å². The molecule has 0 saturated heterocycles. The first-order valence-corrected chi connectivity index (χ1v) is 6.26. The minimum atomic E-state index is 0.0728. The molecule has 0 radical (unpaired) electrons. The molecule has 0 amide bonds. The van der Waals surface area contributed by atoms with Gasteiger partial charge in [0.1, 0.15) is 12.4 Å². The third-order valence-corrected chi connectivity index (χ3v) is 2.26. The first-order valence-electron chi connectivity index (χ1n) is 6.26. The molecule has 1 aromatic rings. The maximum Gasteiger partial charge on any atom is 0.135 e. The van der Waals surface area contributed by atoms with Crippen molar-refractivity contribution in [3.05, 3.63) is 29.8 Å². The van der Waals surface area contributed by atoms with Crippen molar-refractivity contribution in [1.82, 2.24) is 0 Å². The van der Waals surface area contributed by atoms with Crippen LogP contribution in [0.2, 0.25) is 0 Å². The van der Waals surface area contributed by atoms with Crippen LogP contribution >= 0.6 is 0 Å². The highest BCUT2D eigenvalue weighted by Gasteiger charge is 1.99.